The number of alkyl carbamates (subject to hydrolysis) is 1. The number of carbonyl (C=O) groups excluding carboxylic acids is 1. The van der Waals surface area contributed by atoms with E-state index in [1.54, 1.807) is 13.1 Å². The Hall–Kier alpha value is -3.10. The van der Waals surface area contributed by atoms with Gasteiger partial charge in [0.2, 0.25) is 0 Å². The number of ether oxygens (including phenoxy) is 1. The Morgan fingerprint density at radius 2 is 1.88 bits per heavy atom. The van der Waals surface area contributed by atoms with Gasteiger partial charge >= 0.3 is 6.09 Å². The number of nitrogens with one attached hydrogen (secondary N) is 1. The second kappa shape index (κ2) is 12.9. The van der Waals surface area contributed by atoms with E-state index in [4.69, 9.17) is 16.3 Å². The lowest BCUT2D eigenvalue weighted by atomic mass is 9.58. The summed E-state index contributed by atoms with van der Waals surface area (Å²) < 4.78 is 23.2. The van der Waals surface area contributed by atoms with E-state index < -0.39 is 11.5 Å². The molecule has 0 radical (unpaired) electrons. The molecule has 230 valence electrons. The number of halogens is 2. The fraction of sp³-hybridized carbons (Fsp3) is 0.529. The van der Waals surface area contributed by atoms with Crippen LogP contribution in [0.3, 0.4) is 0 Å². The van der Waals surface area contributed by atoms with Crippen molar-refractivity contribution in [1.82, 2.24) is 19.8 Å². The van der Waals surface area contributed by atoms with Crippen LogP contribution in [0.25, 0.3) is 0 Å². The minimum absolute atomic E-state index is 0.0736. The first-order valence-corrected chi connectivity index (χ1v) is 16.1. The highest BCUT2D eigenvalue weighted by Crippen LogP contribution is 2.52. The van der Waals surface area contributed by atoms with Crippen molar-refractivity contribution in [2.75, 3.05) is 44.7 Å². The van der Waals surface area contributed by atoms with Crippen molar-refractivity contribution in [2.45, 2.75) is 57.1 Å². The molecule has 1 aliphatic carbocycles. The van der Waals surface area contributed by atoms with Gasteiger partial charge in [-0.05, 0) is 100.0 Å². The van der Waals surface area contributed by atoms with Gasteiger partial charge in [-0.2, -0.15) is 0 Å². The zero-order valence-corrected chi connectivity index (χ0v) is 26.0. The number of aryl methyl sites for hydroxylation is 1. The molecule has 3 aromatic rings. The molecule has 2 aromatic carbocycles. The van der Waals surface area contributed by atoms with Crippen LogP contribution in [0.15, 0.2) is 60.9 Å². The summed E-state index contributed by atoms with van der Waals surface area (Å²) >= 11 is 6.08. The lowest BCUT2D eigenvalue weighted by Gasteiger charge is -2.51. The van der Waals surface area contributed by atoms with Crippen molar-refractivity contribution in [3.8, 4) is 0 Å². The third-order valence-electron chi connectivity index (χ3n) is 10.3. The lowest BCUT2D eigenvalue weighted by Crippen LogP contribution is -2.55. The lowest BCUT2D eigenvalue weighted by molar-refractivity contribution is 0.00168. The molecule has 0 spiro atoms. The largest absolute Gasteiger partial charge is 0.446 e. The van der Waals surface area contributed by atoms with Crippen LogP contribution in [0, 0.1) is 30.5 Å². The number of imidazole rings is 1. The zero-order valence-electron chi connectivity index (χ0n) is 25.2. The van der Waals surface area contributed by atoms with Crippen molar-refractivity contribution in [3.05, 3.63) is 83.2 Å². The quantitative estimate of drug-likeness (QED) is 0.310. The van der Waals surface area contributed by atoms with Gasteiger partial charge in [0, 0.05) is 73.6 Å². The summed E-state index contributed by atoms with van der Waals surface area (Å²) in [6, 6.07) is 15.3. The molecule has 1 amide bonds. The highest BCUT2D eigenvalue weighted by atomic mass is 35.5. The highest BCUT2D eigenvalue weighted by molar-refractivity contribution is 6.30. The first-order valence-electron chi connectivity index (χ1n) is 15.7. The number of benzene rings is 2. The molecule has 1 saturated carbocycles. The summed E-state index contributed by atoms with van der Waals surface area (Å²) in [5.41, 5.74) is 1.84. The number of aromatic nitrogens is 2. The van der Waals surface area contributed by atoms with Gasteiger partial charge in [0.05, 0.1) is 0 Å². The van der Waals surface area contributed by atoms with Crippen LogP contribution >= 0.6 is 11.6 Å². The number of amides is 1. The molecule has 0 bridgehead atoms. The predicted molar refractivity (Wildman–Crippen MR) is 168 cm³/mol. The van der Waals surface area contributed by atoms with E-state index in [0.717, 1.165) is 81.2 Å². The maximum atomic E-state index is 15.0. The van der Waals surface area contributed by atoms with Gasteiger partial charge in [0.1, 0.15) is 17.7 Å². The van der Waals surface area contributed by atoms with Crippen LogP contribution in [0.2, 0.25) is 5.02 Å². The molecule has 3 atom stereocenters. The second-order valence-electron chi connectivity index (χ2n) is 12.7. The molecule has 2 saturated heterocycles. The molecule has 1 N–H and O–H groups in total. The van der Waals surface area contributed by atoms with Crippen molar-refractivity contribution in [1.29, 1.82) is 0 Å². The van der Waals surface area contributed by atoms with Crippen LogP contribution in [0.1, 0.15) is 43.5 Å². The normalized spacial score (nSPS) is 23.1. The molecule has 1 unspecified atom stereocenters. The molecule has 3 fully saturated rings. The van der Waals surface area contributed by atoms with Gasteiger partial charge in [-0.1, -0.05) is 23.7 Å². The van der Waals surface area contributed by atoms with Gasteiger partial charge in [-0.3, -0.25) is 0 Å². The average molecular weight is 608 g/mol. The summed E-state index contributed by atoms with van der Waals surface area (Å²) in [5.74, 6) is 1.74. The van der Waals surface area contributed by atoms with Crippen LogP contribution in [0.4, 0.5) is 14.9 Å². The predicted octanol–water partition coefficient (Wildman–Crippen LogP) is 6.30. The van der Waals surface area contributed by atoms with Crippen molar-refractivity contribution in [3.63, 3.8) is 0 Å². The number of piperidine rings is 1. The van der Waals surface area contributed by atoms with Crippen molar-refractivity contribution >= 4 is 23.4 Å². The Bertz CT molecular complexity index is 1390. The molecular formula is C34H43ClFN5O2. The SMILES string of the molecule is CNC(=O)O[C@H]1CCC[C@@H]1C(Cn1ccnc1C)(c1cccc(F)c1)C1CCN(CC2CN(c3ccc(Cl)cc3)C2)CC1. The van der Waals surface area contributed by atoms with Crippen LogP contribution in [-0.4, -0.2) is 66.4 Å². The average Bonchev–Trinajstić information content (AvgIpc) is 3.63. The molecule has 9 heteroatoms. The third kappa shape index (κ3) is 6.27. The van der Waals surface area contributed by atoms with E-state index in [1.807, 2.05) is 37.5 Å². The Balaban J connectivity index is 1.24. The van der Waals surface area contributed by atoms with Crippen LogP contribution in [-0.2, 0) is 16.7 Å². The molecule has 3 heterocycles. The number of nitrogens with zero attached hydrogens (tertiary/aromatic N) is 4. The molecule has 3 aliphatic rings. The van der Waals surface area contributed by atoms with E-state index in [2.05, 4.69) is 42.9 Å². The minimum atomic E-state index is -0.406. The fourth-order valence-corrected chi connectivity index (χ4v) is 8.24. The van der Waals surface area contributed by atoms with E-state index in [1.165, 1.54) is 11.8 Å². The topological polar surface area (TPSA) is 62.6 Å². The first-order chi connectivity index (χ1) is 20.9. The summed E-state index contributed by atoms with van der Waals surface area (Å²) in [6.07, 6.45) is 8.03. The number of anilines is 1. The maximum absolute atomic E-state index is 15.0. The van der Waals surface area contributed by atoms with Crippen LogP contribution < -0.4 is 10.2 Å². The summed E-state index contributed by atoms with van der Waals surface area (Å²) in [6.45, 7) is 7.95. The smallest absolute Gasteiger partial charge is 0.407 e. The number of hydrogen-bond donors (Lipinski definition) is 1. The second-order valence-corrected chi connectivity index (χ2v) is 13.1. The molecule has 6 rings (SSSR count). The third-order valence-corrected chi connectivity index (χ3v) is 10.5. The van der Waals surface area contributed by atoms with E-state index in [0.29, 0.717) is 18.4 Å². The first kappa shape index (κ1) is 29.9. The van der Waals surface area contributed by atoms with Gasteiger partial charge in [-0.25, -0.2) is 14.2 Å². The summed E-state index contributed by atoms with van der Waals surface area (Å²) in [4.78, 5) is 22.0. The standard InChI is InChI=1S/C34H43ClFN5O2/c1-24-38-15-18-40(24)23-34(27-5-3-6-29(36)19-27,31-7-4-8-32(31)43-33(42)37-2)26-13-16-39(17-14-26)20-25-21-41(22-25)30-11-9-28(35)10-12-30/h3,5-6,9-12,15,18-19,25-26,31-32H,4,7-8,13-14,16-17,20-23H2,1-2H3,(H,37,42)/t31-,32-,34?/m0/s1. The Morgan fingerprint density at radius 3 is 2.56 bits per heavy atom. The summed E-state index contributed by atoms with van der Waals surface area (Å²) in [5, 5.41) is 3.41. The summed E-state index contributed by atoms with van der Waals surface area (Å²) in [7, 11) is 1.60. The van der Waals surface area contributed by atoms with Crippen LogP contribution in [0.5, 0.6) is 0 Å². The van der Waals surface area contributed by atoms with Crippen molar-refractivity contribution in [2.24, 2.45) is 17.8 Å². The molecular weight excluding hydrogens is 565 g/mol. The van der Waals surface area contributed by atoms with Gasteiger partial charge in [0.25, 0.3) is 0 Å². The zero-order chi connectivity index (χ0) is 30.0. The van der Waals surface area contributed by atoms with E-state index >= 15 is 0 Å². The molecule has 43 heavy (non-hydrogen) atoms. The Kier molecular flexibility index (Phi) is 8.96. The maximum Gasteiger partial charge on any atom is 0.407 e. The van der Waals surface area contributed by atoms with Gasteiger partial charge in [0.15, 0.2) is 0 Å². The number of hydrogen-bond acceptors (Lipinski definition) is 5. The number of likely N-dealkylation sites (tertiary alicyclic amines) is 1. The minimum Gasteiger partial charge on any atom is -0.446 e. The monoisotopic (exact) mass is 607 g/mol. The molecule has 7 nitrogen and oxygen atoms in total. The molecule has 1 aromatic heterocycles. The molecule has 2 aliphatic heterocycles. The van der Waals surface area contributed by atoms with E-state index in [-0.39, 0.29) is 17.8 Å². The fourth-order valence-electron chi connectivity index (χ4n) is 8.12. The number of rotatable bonds is 9. The van der Waals surface area contributed by atoms with Gasteiger partial charge < -0.3 is 24.4 Å². The number of carbonyl (C=O) groups is 1. The Morgan fingerprint density at radius 1 is 1.12 bits per heavy atom. The highest BCUT2D eigenvalue weighted by Gasteiger charge is 2.53. The van der Waals surface area contributed by atoms with Gasteiger partial charge in [-0.15, -0.1) is 0 Å². The Labute approximate surface area is 259 Å². The van der Waals surface area contributed by atoms with Crippen molar-refractivity contribution < 1.29 is 13.9 Å². The van der Waals surface area contributed by atoms with E-state index in [9.17, 15) is 9.18 Å².